The van der Waals surface area contributed by atoms with E-state index in [1.807, 2.05) is 18.2 Å². The molecule has 0 saturated heterocycles. The third-order valence-electron chi connectivity index (χ3n) is 4.68. The molecule has 0 bridgehead atoms. The van der Waals surface area contributed by atoms with Crippen LogP contribution in [0.5, 0.6) is 0 Å². The van der Waals surface area contributed by atoms with Crippen molar-refractivity contribution in [3.63, 3.8) is 0 Å². The van der Waals surface area contributed by atoms with E-state index in [9.17, 15) is 0 Å². The van der Waals surface area contributed by atoms with Crippen molar-refractivity contribution in [3.8, 4) is 16.9 Å². The summed E-state index contributed by atoms with van der Waals surface area (Å²) in [5, 5.41) is 8.66. The second-order valence-electron chi connectivity index (χ2n) is 6.05. The Morgan fingerprint density at radius 3 is 2.78 bits per heavy atom. The Labute approximate surface area is 135 Å². The normalized spacial score (nSPS) is 13.3. The first-order valence-electron chi connectivity index (χ1n) is 8.19. The highest BCUT2D eigenvalue weighted by Gasteiger charge is 2.17. The van der Waals surface area contributed by atoms with Gasteiger partial charge in [-0.25, -0.2) is 0 Å². The van der Waals surface area contributed by atoms with E-state index in [1.54, 1.807) is 4.68 Å². The van der Waals surface area contributed by atoms with E-state index < -0.39 is 0 Å². The number of rotatable bonds is 3. The predicted octanol–water partition coefficient (Wildman–Crippen LogP) is 3.57. The molecule has 0 radical (unpaired) electrons. The number of benzene rings is 2. The molecule has 1 heterocycles. The van der Waals surface area contributed by atoms with E-state index in [2.05, 4.69) is 41.5 Å². The quantitative estimate of drug-likeness (QED) is 0.805. The van der Waals surface area contributed by atoms with Crippen LogP contribution in [-0.2, 0) is 19.3 Å². The van der Waals surface area contributed by atoms with Gasteiger partial charge in [0.05, 0.1) is 5.69 Å². The van der Waals surface area contributed by atoms with E-state index in [0.29, 0.717) is 5.82 Å². The van der Waals surface area contributed by atoms with Crippen molar-refractivity contribution in [1.82, 2.24) is 15.0 Å². The first-order valence-corrected chi connectivity index (χ1v) is 8.19. The molecular weight excluding hydrogens is 284 g/mol. The lowest BCUT2D eigenvalue weighted by Crippen LogP contribution is -2.05. The zero-order valence-corrected chi connectivity index (χ0v) is 13.3. The summed E-state index contributed by atoms with van der Waals surface area (Å²) in [5.74, 6) is 0.601. The lowest BCUT2D eigenvalue weighted by molar-refractivity contribution is 0.800. The number of hydrogen-bond acceptors (Lipinski definition) is 3. The standard InChI is InChI=1S/C19H20N4/c1-2-13-6-3-4-9-17(13)23-19(20)18(21-22-23)16-11-10-14-7-5-8-15(14)12-16/h3-4,6,9-12H,2,5,7-8,20H2,1H3. The average molecular weight is 304 g/mol. The Kier molecular flexibility index (Phi) is 3.37. The van der Waals surface area contributed by atoms with Crippen LogP contribution in [0.2, 0.25) is 0 Å². The molecule has 2 aromatic carbocycles. The Bertz CT molecular complexity index is 864. The fourth-order valence-corrected chi connectivity index (χ4v) is 3.41. The lowest BCUT2D eigenvalue weighted by atomic mass is 10.0. The summed E-state index contributed by atoms with van der Waals surface area (Å²) in [5.41, 5.74) is 13.3. The number of fused-ring (bicyclic) bond motifs is 1. The molecule has 0 spiro atoms. The predicted molar refractivity (Wildman–Crippen MR) is 92.6 cm³/mol. The number of nitrogen functional groups attached to an aromatic ring is 1. The van der Waals surface area contributed by atoms with Crippen LogP contribution in [0.4, 0.5) is 5.82 Å². The molecule has 23 heavy (non-hydrogen) atoms. The summed E-state index contributed by atoms with van der Waals surface area (Å²) < 4.78 is 1.75. The van der Waals surface area contributed by atoms with Crippen molar-refractivity contribution in [2.75, 3.05) is 5.73 Å². The van der Waals surface area contributed by atoms with E-state index in [4.69, 9.17) is 5.73 Å². The molecule has 1 aliphatic rings. The van der Waals surface area contributed by atoms with Crippen molar-refractivity contribution >= 4 is 5.82 Å². The van der Waals surface area contributed by atoms with Crippen molar-refractivity contribution in [1.29, 1.82) is 0 Å². The number of nitrogens with two attached hydrogens (primary N) is 1. The smallest absolute Gasteiger partial charge is 0.155 e. The van der Waals surface area contributed by atoms with Gasteiger partial charge in [0.2, 0.25) is 0 Å². The minimum Gasteiger partial charge on any atom is -0.382 e. The van der Waals surface area contributed by atoms with Crippen LogP contribution in [0.25, 0.3) is 16.9 Å². The molecule has 0 unspecified atom stereocenters. The fourth-order valence-electron chi connectivity index (χ4n) is 3.41. The van der Waals surface area contributed by atoms with Gasteiger partial charge in [-0.15, -0.1) is 5.10 Å². The summed E-state index contributed by atoms with van der Waals surface area (Å²) in [7, 11) is 0. The van der Waals surface area contributed by atoms with Crippen molar-refractivity contribution in [3.05, 3.63) is 59.2 Å². The first kappa shape index (κ1) is 14.0. The monoisotopic (exact) mass is 304 g/mol. The van der Waals surface area contributed by atoms with E-state index in [0.717, 1.165) is 29.8 Å². The lowest BCUT2D eigenvalue weighted by Gasteiger charge is -2.09. The highest BCUT2D eigenvalue weighted by Crippen LogP contribution is 2.31. The topological polar surface area (TPSA) is 56.7 Å². The maximum atomic E-state index is 6.37. The molecule has 4 nitrogen and oxygen atoms in total. The molecule has 4 heteroatoms. The minimum atomic E-state index is 0.601. The summed E-state index contributed by atoms with van der Waals surface area (Å²) in [6, 6.07) is 14.7. The van der Waals surface area contributed by atoms with Crippen LogP contribution in [0, 0.1) is 0 Å². The average Bonchev–Trinajstić information content (AvgIpc) is 3.20. The fraction of sp³-hybridized carbons (Fsp3) is 0.263. The largest absolute Gasteiger partial charge is 0.382 e. The van der Waals surface area contributed by atoms with Gasteiger partial charge in [-0.05, 0) is 54.5 Å². The summed E-state index contributed by atoms with van der Waals surface area (Å²) in [4.78, 5) is 0. The summed E-state index contributed by atoms with van der Waals surface area (Å²) in [6.45, 7) is 2.13. The molecule has 0 amide bonds. The number of aryl methyl sites for hydroxylation is 3. The minimum absolute atomic E-state index is 0.601. The maximum Gasteiger partial charge on any atom is 0.155 e. The zero-order valence-electron chi connectivity index (χ0n) is 13.3. The van der Waals surface area contributed by atoms with Crippen LogP contribution in [-0.4, -0.2) is 15.0 Å². The highest BCUT2D eigenvalue weighted by molar-refractivity contribution is 5.72. The molecule has 0 atom stereocenters. The van der Waals surface area contributed by atoms with Gasteiger partial charge in [0, 0.05) is 5.56 Å². The van der Waals surface area contributed by atoms with Gasteiger partial charge in [0.1, 0.15) is 5.69 Å². The number of aromatic nitrogens is 3. The molecule has 2 N–H and O–H groups in total. The van der Waals surface area contributed by atoms with Crippen LogP contribution in [0.3, 0.4) is 0 Å². The Morgan fingerprint density at radius 2 is 1.91 bits per heavy atom. The van der Waals surface area contributed by atoms with Crippen LogP contribution >= 0.6 is 0 Å². The number of anilines is 1. The molecule has 3 aromatic rings. The first-order chi connectivity index (χ1) is 11.3. The SMILES string of the molecule is CCc1ccccc1-n1nnc(-c2ccc3c(c2)CCC3)c1N. The molecule has 0 fully saturated rings. The Morgan fingerprint density at radius 1 is 1.09 bits per heavy atom. The van der Waals surface area contributed by atoms with Crippen molar-refractivity contribution in [2.45, 2.75) is 32.6 Å². The van der Waals surface area contributed by atoms with Crippen molar-refractivity contribution in [2.24, 2.45) is 0 Å². The van der Waals surface area contributed by atoms with Crippen LogP contribution < -0.4 is 5.73 Å². The second kappa shape index (κ2) is 5.54. The number of nitrogens with zero attached hydrogens (tertiary/aromatic N) is 3. The molecule has 0 aliphatic heterocycles. The van der Waals surface area contributed by atoms with Gasteiger partial charge < -0.3 is 5.73 Å². The van der Waals surface area contributed by atoms with Crippen LogP contribution in [0.1, 0.15) is 30.0 Å². The van der Waals surface area contributed by atoms with E-state index in [-0.39, 0.29) is 0 Å². The molecule has 4 rings (SSSR count). The Hall–Kier alpha value is -2.62. The van der Waals surface area contributed by atoms with Crippen LogP contribution in [0.15, 0.2) is 42.5 Å². The van der Waals surface area contributed by atoms with E-state index in [1.165, 1.54) is 29.5 Å². The third-order valence-corrected chi connectivity index (χ3v) is 4.68. The second-order valence-corrected chi connectivity index (χ2v) is 6.05. The zero-order chi connectivity index (χ0) is 15.8. The van der Waals surface area contributed by atoms with Gasteiger partial charge >= 0.3 is 0 Å². The number of hydrogen-bond donors (Lipinski definition) is 1. The molecule has 1 aliphatic carbocycles. The van der Waals surface area contributed by atoms with Crippen molar-refractivity contribution < 1.29 is 0 Å². The summed E-state index contributed by atoms with van der Waals surface area (Å²) in [6.07, 6.45) is 4.51. The summed E-state index contributed by atoms with van der Waals surface area (Å²) >= 11 is 0. The third kappa shape index (κ3) is 2.31. The van der Waals surface area contributed by atoms with Gasteiger partial charge in [-0.1, -0.05) is 42.5 Å². The Balaban J connectivity index is 1.79. The van der Waals surface area contributed by atoms with E-state index >= 15 is 0 Å². The maximum absolute atomic E-state index is 6.37. The highest BCUT2D eigenvalue weighted by atomic mass is 15.5. The van der Waals surface area contributed by atoms with Gasteiger partial charge in [0.15, 0.2) is 5.82 Å². The van der Waals surface area contributed by atoms with Gasteiger partial charge in [-0.3, -0.25) is 0 Å². The van der Waals surface area contributed by atoms with Gasteiger partial charge in [0.25, 0.3) is 0 Å². The molecule has 1 aromatic heterocycles. The number of para-hydroxylation sites is 1. The van der Waals surface area contributed by atoms with Gasteiger partial charge in [-0.2, -0.15) is 4.68 Å². The molecule has 116 valence electrons. The molecule has 0 saturated carbocycles. The molecular formula is C19H20N4.